The van der Waals surface area contributed by atoms with Gasteiger partial charge < -0.3 is 10.8 Å². The van der Waals surface area contributed by atoms with Crippen LogP contribution in [0.3, 0.4) is 0 Å². The monoisotopic (exact) mass is 237 g/mol. The predicted molar refractivity (Wildman–Crippen MR) is 67.5 cm³/mol. The number of carboxylic acid groups (broad SMARTS) is 1. The van der Waals surface area contributed by atoms with Crippen molar-refractivity contribution in [1.29, 1.82) is 0 Å². The largest absolute Gasteiger partial charge is 0.481 e. The Kier molecular flexibility index (Phi) is 3.30. The summed E-state index contributed by atoms with van der Waals surface area (Å²) in [4.78, 5) is 11.0. The summed E-state index contributed by atoms with van der Waals surface area (Å²) in [5, 5.41) is 9.01. The quantitative estimate of drug-likeness (QED) is 0.722. The number of hydrogen-bond acceptors (Lipinski definition) is 2. The summed E-state index contributed by atoms with van der Waals surface area (Å²) < 4.78 is 0. The van der Waals surface area contributed by atoms with Crippen LogP contribution in [0.1, 0.15) is 39.5 Å². The summed E-state index contributed by atoms with van der Waals surface area (Å²) in [5.41, 5.74) is 7.22. The molecule has 17 heavy (non-hydrogen) atoms. The highest BCUT2D eigenvalue weighted by molar-refractivity contribution is 5.68. The lowest BCUT2D eigenvalue weighted by atomic mass is 9.53. The Morgan fingerprint density at radius 2 is 2.41 bits per heavy atom. The molecule has 0 saturated heterocycles. The molecule has 0 spiro atoms. The molecule has 3 N–H and O–H groups in total. The molecular weight excluding hydrogens is 214 g/mol. The van der Waals surface area contributed by atoms with Crippen LogP contribution in [0.25, 0.3) is 0 Å². The van der Waals surface area contributed by atoms with Crippen LogP contribution in [0.4, 0.5) is 0 Å². The van der Waals surface area contributed by atoms with Gasteiger partial charge in [0.05, 0.1) is 6.42 Å². The fourth-order valence-corrected chi connectivity index (χ4v) is 3.65. The van der Waals surface area contributed by atoms with E-state index in [-0.39, 0.29) is 11.8 Å². The highest BCUT2D eigenvalue weighted by atomic mass is 16.4. The maximum Gasteiger partial charge on any atom is 0.303 e. The number of aliphatic carboxylic acids is 1. The van der Waals surface area contributed by atoms with Crippen LogP contribution in [0.2, 0.25) is 0 Å². The topological polar surface area (TPSA) is 63.3 Å². The Bertz CT molecular complexity index is 350. The van der Waals surface area contributed by atoms with Gasteiger partial charge in [-0.3, -0.25) is 4.79 Å². The average Bonchev–Trinajstić information content (AvgIpc) is 2.63. The van der Waals surface area contributed by atoms with Crippen molar-refractivity contribution < 1.29 is 9.90 Å². The number of fused-ring (bicyclic) bond motifs is 1. The van der Waals surface area contributed by atoms with E-state index in [1.807, 2.05) is 0 Å². The SMILES string of the molecule is CCC(C)C1=C[C@H]2[C@@H](C1)C[C@@]2(CN)CC(=O)O. The van der Waals surface area contributed by atoms with E-state index in [0.29, 0.717) is 24.3 Å². The minimum Gasteiger partial charge on any atom is -0.481 e. The molecule has 0 aromatic rings. The van der Waals surface area contributed by atoms with Crippen molar-refractivity contribution in [3.05, 3.63) is 11.6 Å². The Balaban J connectivity index is 2.11. The molecule has 0 radical (unpaired) electrons. The summed E-state index contributed by atoms with van der Waals surface area (Å²) in [6.07, 6.45) is 5.91. The van der Waals surface area contributed by atoms with Gasteiger partial charge in [0.1, 0.15) is 0 Å². The zero-order chi connectivity index (χ0) is 12.6. The summed E-state index contributed by atoms with van der Waals surface area (Å²) in [5.74, 6) is 1.02. The zero-order valence-electron chi connectivity index (χ0n) is 10.8. The third-order valence-electron chi connectivity index (χ3n) is 4.93. The number of hydrogen-bond donors (Lipinski definition) is 2. The van der Waals surface area contributed by atoms with Crippen molar-refractivity contribution in [2.24, 2.45) is 28.9 Å². The van der Waals surface area contributed by atoms with Gasteiger partial charge in [0.25, 0.3) is 0 Å². The lowest BCUT2D eigenvalue weighted by molar-refractivity contribution is -0.144. The van der Waals surface area contributed by atoms with E-state index in [2.05, 4.69) is 19.9 Å². The normalized spacial score (nSPS) is 37.0. The molecule has 0 aromatic heterocycles. The first kappa shape index (κ1) is 12.6. The van der Waals surface area contributed by atoms with E-state index < -0.39 is 5.97 Å². The first-order valence-electron chi connectivity index (χ1n) is 6.65. The van der Waals surface area contributed by atoms with Crippen molar-refractivity contribution >= 4 is 5.97 Å². The third-order valence-corrected chi connectivity index (χ3v) is 4.93. The molecule has 2 rings (SSSR count). The van der Waals surface area contributed by atoms with Crippen molar-refractivity contribution in [2.75, 3.05) is 6.54 Å². The summed E-state index contributed by atoms with van der Waals surface area (Å²) in [6, 6.07) is 0. The number of allylic oxidation sites excluding steroid dienone is 2. The Labute approximate surface area is 103 Å². The lowest BCUT2D eigenvalue weighted by Crippen LogP contribution is -2.51. The standard InChI is InChI=1S/C14H23NO2/c1-3-9(2)10-4-11-6-14(8-15,7-13(16)17)12(11)5-10/h5,9,11-12H,3-4,6-8,15H2,1-2H3,(H,16,17)/t9?,11-,12-,14-/m0/s1. The third kappa shape index (κ3) is 2.01. The Hall–Kier alpha value is -0.830. The van der Waals surface area contributed by atoms with E-state index in [1.54, 1.807) is 0 Å². The van der Waals surface area contributed by atoms with Gasteiger partial charge in [0.15, 0.2) is 0 Å². The van der Waals surface area contributed by atoms with Crippen LogP contribution < -0.4 is 5.73 Å². The number of rotatable bonds is 5. The molecule has 3 nitrogen and oxygen atoms in total. The van der Waals surface area contributed by atoms with E-state index in [9.17, 15) is 4.79 Å². The van der Waals surface area contributed by atoms with Crippen LogP contribution in [0.15, 0.2) is 11.6 Å². The summed E-state index contributed by atoms with van der Waals surface area (Å²) in [6.45, 7) is 4.97. The van der Waals surface area contributed by atoms with Gasteiger partial charge in [-0.25, -0.2) is 0 Å². The van der Waals surface area contributed by atoms with Crippen LogP contribution in [-0.2, 0) is 4.79 Å². The second-order valence-electron chi connectivity index (χ2n) is 5.88. The van der Waals surface area contributed by atoms with Gasteiger partial charge in [-0.2, -0.15) is 0 Å². The zero-order valence-corrected chi connectivity index (χ0v) is 10.8. The molecule has 0 amide bonds. The minimum atomic E-state index is -0.709. The van der Waals surface area contributed by atoms with Gasteiger partial charge in [-0.15, -0.1) is 0 Å². The first-order valence-corrected chi connectivity index (χ1v) is 6.65. The number of carboxylic acids is 1. The van der Waals surface area contributed by atoms with Gasteiger partial charge >= 0.3 is 5.97 Å². The summed E-state index contributed by atoms with van der Waals surface area (Å²) >= 11 is 0. The fraction of sp³-hybridized carbons (Fsp3) is 0.786. The second-order valence-corrected chi connectivity index (χ2v) is 5.88. The van der Waals surface area contributed by atoms with Crippen molar-refractivity contribution in [2.45, 2.75) is 39.5 Å². The first-order chi connectivity index (χ1) is 8.02. The summed E-state index contributed by atoms with van der Waals surface area (Å²) in [7, 11) is 0. The molecule has 0 heterocycles. The maximum absolute atomic E-state index is 11.0. The molecule has 1 saturated carbocycles. The smallest absolute Gasteiger partial charge is 0.303 e. The molecule has 4 atom stereocenters. The van der Waals surface area contributed by atoms with Crippen molar-refractivity contribution in [3.8, 4) is 0 Å². The maximum atomic E-state index is 11.0. The predicted octanol–water partition coefficient (Wildman–Crippen LogP) is 2.42. The van der Waals surface area contributed by atoms with E-state index in [1.165, 1.54) is 18.4 Å². The van der Waals surface area contributed by atoms with Crippen LogP contribution in [0, 0.1) is 23.2 Å². The molecule has 2 aliphatic rings. The van der Waals surface area contributed by atoms with E-state index in [0.717, 1.165) is 6.42 Å². The van der Waals surface area contributed by atoms with Gasteiger partial charge in [0.2, 0.25) is 0 Å². The number of nitrogens with two attached hydrogens (primary N) is 1. The van der Waals surface area contributed by atoms with E-state index in [4.69, 9.17) is 10.8 Å². The molecule has 0 aliphatic heterocycles. The van der Waals surface area contributed by atoms with Crippen LogP contribution in [-0.4, -0.2) is 17.6 Å². The molecule has 96 valence electrons. The molecular formula is C14H23NO2. The fourth-order valence-electron chi connectivity index (χ4n) is 3.65. The second kappa shape index (κ2) is 4.45. The van der Waals surface area contributed by atoms with Gasteiger partial charge in [0, 0.05) is 0 Å². The van der Waals surface area contributed by atoms with E-state index >= 15 is 0 Å². The van der Waals surface area contributed by atoms with Gasteiger partial charge in [-0.1, -0.05) is 25.5 Å². The molecule has 0 bridgehead atoms. The number of carbonyl (C=O) groups is 1. The highest BCUT2D eigenvalue weighted by Gasteiger charge is 2.55. The Morgan fingerprint density at radius 1 is 1.71 bits per heavy atom. The molecule has 0 aromatic carbocycles. The highest BCUT2D eigenvalue weighted by Crippen LogP contribution is 2.60. The molecule has 3 heteroatoms. The van der Waals surface area contributed by atoms with Crippen LogP contribution >= 0.6 is 0 Å². The molecule has 1 fully saturated rings. The van der Waals surface area contributed by atoms with Crippen molar-refractivity contribution in [1.82, 2.24) is 0 Å². The average molecular weight is 237 g/mol. The van der Waals surface area contributed by atoms with Crippen molar-refractivity contribution in [3.63, 3.8) is 0 Å². The minimum absolute atomic E-state index is 0.147. The molecule has 2 aliphatic carbocycles. The van der Waals surface area contributed by atoms with Crippen LogP contribution in [0.5, 0.6) is 0 Å². The van der Waals surface area contributed by atoms with Gasteiger partial charge in [-0.05, 0) is 49.0 Å². The Morgan fingerprint density at radius 3 is 2.94 bits per heavy atom. The molecule has 1 unspecified atom stereocenters. The lowest BCUT2D eigenvalue weighted by Gasteiger charge is -2.51.